The van der Waals surface area contributed by atoms with Gasteiger partial charge in [0.1, 0.15) is 0 Å². The fraction of sp³-hybridized carbons (Fsp3) is 0. The molecule has 0 atom stereocenters. The van der Waals surface area contributed by atoms with Crippen LogP contribution in [0.25, 0.3) is 0 Å². The van der Waals surface area contributed by atoms with Crippen molar-refractivity contribution in [3.05, 3.63) is 0 Å². The number of rotatable bonds is 0. The first-order valence-corrected chi connectivity index (χ1v) is 3.00. The normalized spacial score (nSPS) is 6.73. The van der Waals surface area contributed by atoms with Gasteiger partial charge in [0.15, 0.2) is 0 Å². The van der Waals surface area contributed by atoms with E-state index in [2.05, 4.69) is 0 Å². The molecule has 4 N–H and O–H groups in total. The molecule has 0 heterocycles. The van der Waals surface area contributed by atoms with Gasteiger partial charge in [-0.3, -0.25) is 9.11 Å². The topological polar surface area (TPSA) is 156 Å². The molecule has 64 valence electrons. The molecule has 0 fully saturated rings. The van der Waals surface area contributed by atoms with Crippen LogP contribution in [0.1, 0.15) is 0 Å². The van der Waals surface area contributed by atoms with Crippen molar-refractivity contribution in [1.29, 1.82) is 10.8 Å². The molecular weight excluding hydrogens is 180 g/mol. The van der Waals surface area contributed by atoms with Gasteiger partial charge in [-0.2, -0.15) is 8.42 Å². The van der Waals surface area contributed by atoms with Gasteiger partial charge in [-0.05, 0) is 0 Å². The second-order valence-corrected chi connectivity index (χ2v) is 1.55. The van der Waals surface area contributed by atoms with Crippen LogP contribution in [0, 0.1) is 10.8 Å². The maximum Gasteiger partial charge on any atom is 0.394 e. The van der Waals surface area contributed by atoms with E-state index in [-0.39, 0.29) is 0 Å². The molecule has 0 bridgehead atoms. The largest absolute Gasteiger partial charge is 0.394 e. The van der Waals surface area contributed by atoms with E-state index in [0.717, 1.165) is 12.2 Å². The molecule has 0 aliphatic carbocycles. The lowest BCUT2D eigenvalue weighted by atomic mass is 11.7. The minimum atomic E-state index is -4.67. The predicted molar refractivity (Wildman–Crippen MR) is 31.0 cm³/mol. The van der Waals surface area contributed by atoms with Crippen molar-refractivity contribution >= 4 is 22.6 Å². The summed E-state index contributed by atoms with van der Waals surface area (Å²) < 4.78 is 31.6. The van der Waals surface area contributed by atoms with Gasteiger partial charge in [0.2, 0.25) is 12.2 Å². The lowest BCUT2D eigenvalue weighted by molar-refractivity contribution is 0.381. The Bertz CT molecular complexity index is 209. The maximum atomic E-state index is 8.74. The van der Waals surface area contributed by atoms with E-state index in [1.165, 1.54) is 0 Å². The average Bonchev–Trinajstić information content (AvgIpc) is 1.62. The molecule has 0 saturated heterocycles. The lowest BCUT2D eigenvalue weighted by Crippen LogP contribution is -1.89. The summed E-state index contributed by atoms with van der Waals surface area (Å²) in [5.74, 6) is 0. The highest BCUT2D eigenvalue weighted by Crippen LogP contribution is 1.59. The van der Waals surface area contributed by atoms with Crippen LogP contribution in [-0.2, 0) is 20.0 Å². The summed E-state index contributed by atoms with van der Waals surface area (Å²) >= 11 is 0. The van der Waals surface area contributed by atoms with Crippen LogP contribution in [-0.4, -0.2) is 29.7 Å². The Kier molecular flexibility index (Phi) is 17.0. The van der Waals surface area contributed by atoms with Gasteiger partial charge in [-0.15, -0.1) is 0 Å². The van der Waals surface area contributed by atoms with E-state index < -0.39 is 10.4 Å². The van der Waals surface area contributed by atoms with Crippen molar-refractivity contribution in [1.82, 2.24) is 0 Å². The quantitative estimate of drug-likeness (QED) is 0.218. The number of nitrogens with one attached hydrogen (secondary N) is 2. The number of isocyanates is 2. The van der Waals surface area contributed by atoms with E-state index in [0.29, 0.717) is 0 Å². The molecule has 0 aliphatic rings. The van der Waals surface area contributed by atoms with Crippen molar-refractivity contribution in [3.8, 4) is 0 Å². The summed E-state index contributed by atoms with van der Waals surface area (Å²) in [6, 6.07) is 0. The minimum Gasteiger partial charge on any atom is -0.264 e. The van der Waals surface area contributed by atoms with Crippen LogP contribution in [0.5, 0.6) is 0 Å². The van der Waals surface area contributed by atoms with E-state index in [4.69, 9.17) is 37.9 Å². The highest BCUT2D eigenvalue weighted by atomic mass is 32.3. The molecule has 0 aromatic heterocycles. The third-order valence-electron chi connectivity index (χ3n) is 0. The molecule has 0 radical (unpaired) electrons. The summed E-state index contributed by atoms with van der Waals surface area (Å²) in [4.78, 5) is 16.7. The molecule has 11 heavy (non-hydrogen) atoms. The third-order valence-corrected chi connectivity index (χ3v) is 0. The zero-order valence-electron chi connectivity index (χ0n) is 4.94. The van der Waals surface area contributed by atoms with Crippen molar-refractivity contribution in [2.24, 2.45) is 0 Å². The average molecular weight is 184 g/mol. The van der Waals surface area contributed by atoms with Crippen LogP contribution in [0.2, 0.25) is 0 Å². The lowest BCUT2D eigenvalue weighted by Gasteiger charge is -1.68. The third kappa shape index (κ3) is 202. The van der Waals surface area contributed by atoms with Gasteiger partial charge in [-0.1, -0.05) is 0 Å². The fourth-order valence-corrected chi connectivity index (χ4v) is 0. The molecule has 8 nitrogen and oxygen atoms in total. The Labute approximate surface area is 61.4 Å². The van der Waals surface area contributed by atoms with E-state index >= 15 is 0 Å². The van der Waals surface area contributed by atoms with Crippen LogP contribution < -0.4 is 0 Å². The van der Waals surface area contributed by atoms with Crippen LogP contribution >= 0.6 is 0 Å². The molecular formula is C2H4N2O6S. The van der Waals surface area contributed by atoms with Crippen molar-refractivity contribution in [3.63, 3.8) is 0 Å². The van der Waals surface area contributed by atoms with Gasteiger partial charge in [0, 0.05) is 0 Å². The molecule has 0 saturated carbocycles. The SMILES string of the molecule is N=C=O.N=C=O.O=S(=O)(O)O. The molecule has 0 aliphatic heterocycles. The van der Waals surface area contributed by atoms with Gasteiger partial charge in [0.05, 0.1) is 0 Å². The highest BCUT2D eigenvalue weighted by Gasteiger charge is 1.84. The van der Waals surface area contributed by atoms with E-state index in [9.17, 15) is 0 Å². The molecule has 0 aromatic carbocycles. The van der Waals surface area contributed by atoms with Gasteiger partial charge >= 0.3 is 10.4 Å². The Morgan fingerprint density at radius 1 is 1.00 bits per heavy atom. The predicted octanol–water partition coefficient (Wildman–Crippen LogP) is -0.851. The van der Waals surface area contributed by atoms with Crippen molar-refractivity contribution in [2.75, 3.05) is 0 Å². The van der Waals surface area contributed by atoms with Gasteiger partial charge in [-0.25, -0.2) is 20.4 Å². The first-order chi connectivity index (χ1) is 4.83. The summed E-state index contributed by atoms with van der Waals surface area (Å²) in [5, 5.41) is 10.8. The first-order valence-electron chi connectivity index (χ1n) is 1.61. The molecule has 0 spiro atoms. The molecule has 0 rings (SSSR count). The van der Waals surface area contributed by atoms with Crippen LogP contribution in [0.3, 0.4) is 0 Å². The van der Waals surface area contributed by atoms with Gasteiger partial charge in [0.25, 0.3) is 0 Å². The van der Waals surface area contributed by atoms with E-state index in [1.807, 2.05) is 0 Å². The molecule has 0 aromatic rings. The second kappa shape index (κ2) is 11.4. The standard InChI is InChI=1S/2CHNO.H2O4S/c2*2-1-3;1-5(2,3)4/h2*2H;(H2,1,2,3,4). The maximum absolute atomic E-state index is 8.74. The Balaban J connectivity index is -0.0000000933. The second-order valence-electron chi connectivity index (χ2n) is 0.652. The van der Waals surface area contributed by atoms with E-state index in [1.54, 1.807) is 0 Å². The Morgan fingerprint density at radius 3 is 1.00 bits per heavy atom. The zero-order chi connectivity index (χ0) is 9.91. The Morgan fingerprint density at radius 2 is 1.00 bits per heavy atom. The number of hydrogen-bond donors (Lipinski definition) is 4. The van der Waals surface area contributed by atoms with Crippen LogP contribution in [0.15, 0.2) is 0 Å². The fourth-order valence-electron chi connectivity index (χ4n) is 0. The Hall–Kier alpha value is -1.37. The van der Waals surface area contributed by atoms with Crippen molar-refractivity contribution < 1.29 is 27.1 Å². The minimum absolute atomic E-state index is 0.750. The molecule has 0 unspecified atom stereocenters. The summed E-state index contributed by atoms with van der Waals surface area (Å²) in [6.07, 6.45) is 1.50. The highest BCUT2D eigenvalue weighted by molar-refractivity contribution is 7.79. The number of carbonyl (C=O) groups excluding carboxylic acids is 2. The molecule has 0 amide bonds. The monoisotopic (exact) mass is 184 g/mol. The first kappa shape index (κ1) is 16.3. The summed E-state index contributed by atoms with van der Waals surface area (Å²) in [7, 11) is -4.67. The molecule has 9 heteroatoms. The van der Waals surface area contributed by atoms with Crippen LogP contribution in [0.4, 0.5) is 0 Å². The zero-order valence-corrected chi connectivity index (χ0v) is 5.75. The summed E-state index contributed by atoms with van der Waals surface area (Å²) in [6.45, 7) is 0. The van der Waals surface area contributed by atoms with Crippen molar-refractivity contribution in [2.45, 2.75) is 0 Å². The number of hydrogen-bond acceptors (Lipinski definition) is 6. The smallest absolute Gasteiger partial charge is 0.264 e. The van der Waals surface area contributed by atoms with Gasteiger partial charge < -0.3 is 0 Å². The summed E-state index contributed by atoms with van der Waals surface area (Å²) in [5.41, 5.74) is 0.